The van der Waals surface area contributed by atoms with Crippen molar-refractivity contribution in [3.63, 3.8) is 0 Å². The van der Waals surface area contributed by atoms with Crippen LogP contribution in [0, 0.1) is 5.92 Å². The summed E-state index contributed by atoms with van der Waals surface area (Å²) in [6.45, 7) is 8.68. The molecule has 4 heteroatoms. The molecule has 0 aliphatic rings. The zero-order chi connectivity index (χ0) is 15.3. The largest absolute Gasteiger partial charge is 0.336 e. The molecule has 0 saturated carbocycles. The molecule has 112 valence electrons. The van der Waals surface area contributed by atoms with E-state index in [0.717, 1.165) is 5.56 Å². The summed E-state index contributed by atoms with van der Waals surface area (Å²) in [6, 6.07) is 7.66. The van der Waals surface area contributed by atoms with E-state index in [0.29, 0.717) is 23.9 Å². The van der Waals surface area contributed by atoms with Crippen molar-refractivity contribution in [3.8, 4) is 0 Å². The molecule has 0 saturated heterocycles. The first-order valence-corrected chi connectivity index (χ1v) is 7.48. The Morgan fingerprint density at radius 3 is 2.45 bits per heavy atom. The van der Waals surface area contributed by atoms with Gasteiger partial charge < -0.3 is 10.6 Å². The van der Waals surface area contributed by atoms with Crippen LogP contribution in [-0.4, -0.2) is 22.9 Å². The highest BCUT2D eigenvalue weighted by atomic mass is 35.5. The number of benzene rings is 1. The predicted molar refractivity (Wildman–Crippen MR) is 84.6 cm³/mol. The average molecular weight is 297 g/mol. The van der Waals surface area contributed by atoms with E-state index in [9.17, 15) is 4.79 Å². The van der Waals surface area contributed by atoms with Gasteiger partial charge in [0.05, 0.1) is 0 Å². The SMILES string of the molecule is CC(C)C(N)CC(=O)N(Cc1cccc(Cl)c1)C(C)C. The third-order valence-corrected chi connectivity index (χ3v) is 3.69. The molecule has 0 aromatic heterocycles. The minimum atomic E-state index is -0.0943. The quantitative estimate of drug-likeness (QED) is 0.874. The number of hydrogen-bond acceptors (Lipinski definition) is 2. The fourth-order valence-electron chi connectivity index (χ4n) is 1.95. The lowest BCUT2D eigenvalue weighted by Crippen LogP contribution is -2.41. The molecule has 0 fully saturated rings. The standard InChI is InChI=1S/C16H25ClN2O/c1-11(2)15(18)9-16(20)19(12(3)4)10-13-6-5-7-14(17)8-13/h5-8,11-12,15H,9-10,18H2,1-4H3. The normalized spacial score (nSPS) is 12.8. The van der Waals surface area contributed by atoms with E-state index in [4.69, 9.17) is 17.3 Å². The van der Waals surface area contributed by atoms with Crippen LogP contribution >= 0.6 is 11.6 Å². The molecule has 0 aliphatic carbocycles. The zero-order valence-corrected chi connectivity index (χ0v) is 13.5. The number of hydrogen-bond donors (Lipinski definition) is 1. The van der Waals surface area contributed by atoms with Crippen LogP contribution in [0.15, 0.2) is 24.3 Å². The summed E-state index contributed by atoms with van der Waals surface area (Å²) in [4.78, 5) is 14.3. The van der Waals surface area contributed by atoms with Crippen LogP contribution in [0.3, 0.4) is 0 Å². The van der Waals surface area contributed by atoms with Gasteiger partial charge in [0.25, 0.3) is 0 Å². The lowest BCUT2D eigenvalue weighted by molar-refractivity contribution is -0.134. The molecule has 1 amide bonds. The van der Waals surface area contributed by atoms with Crippen molar-refractivity contribution < 1.29 is 4.79 Å². The van der Waals surface area contributed by atoms with Crippen molar-refractivity contribution in [2.75, 3.05) is 0 Å². The second-order valence-corrected chi connectivity index (χ2v) is 6.29. The lowest BCUT2D eigenvalue weighted by Gasteiger charge is -2.29. The second-order valence-electron chi connectivity index (χ2n) is 5.86. The van der Waals surface area contributed by atoms with E-state index in [2.05, 4.69) is 0 Å². The Morgan fingerprint density at radius 1 is 1.30 bits per heavy atom. The third-order valence-electron chi connectivity index (χ3n) is 3.45. The first kappa shape index (κ1) is 17.0. The van der Waals surface area contributed by atoms with E-state index in [1.54, 1.807) is 0 Å². The maximum atomic E-state index is 12.4. The Kier molecular flexibility index (Phi) is 6.50. The second kappa shape index (κ2) is 7.65. The molecule has 20 heavy (non-hydrogen) atoms. The first-order chi connectivity index (χ1) is 9.31. The van der Waals surface area contributed by atoms with Crippen molar-refractivity contribution >= 4 is 17.5 Å². The number of nitrogens with zero attached hydrogens (tertiary/aromatic N) is 1. The first-order valence-electron chi connectivity index (χ1n) is 7.10. The summed E-state index contributed by atoms with van der Waals surface area (Å²) in [5.41, 5.74) is 7.04. The number of carbonyl (C=O) groups excluding carboxylic acids is 1. The van der Waals surface area contributed by atoms with Gasteiger partial charge in [-0.05, 0) is 37.5 Å². The van der Waals surface area contributed by atoms with Crippen LogP contribution in [-0.2, 0) is 11.3 Å². The molecular formula is C16H25ClN2O. The third kappa shape index (κ3) is 5.14. The number of carbonyl (C=O) groups is 1. The Labute approximate surface area is 127 Å². The van der Waals surface area contributed by atoms with E-state index in [-0.39, 0.29) is 18.0 Å². The lowest BCUT2D eigenvalue weighted by atomic mass is 10.0. The molecule has 2 N–H and O–H groups in total. The molecule has 0 spiro atoms. The molecule has 0 bridgehead atoms. The summed E-state index contributed by atoms with van der Waals surface area (Å²) < 4.78 is 0. The average Bonchev–Trinajstić information content (AvgIpc) is 2.35. The van der Waals surface area contributed by atoms with Gasteiger partial charge in [-0.25, -0.2) is 0 Å². The van der Waals surface area contributed by atoms with Crippen LogP contribution in [0.4, 0.5) is 0 Å². The predicted octanol–water partition coefficient (Wildman–Crippen LogP) is 3.45. The van der Waals surface area contributed by atoms with Gasteiger partial charge >= 0.3 is 0 Å². The highest BCUT2D eigenvalue weighted by Gasteiger charge is 2.21. The van der Waals surface area contributed by atoms with Gasteiger partial charge in [0, 0.05) is 30.1 Å². The van der Waals surface area contributed by atoms with Crippen molar-refractivity contribution in [1.29, 1.82) is 0 Å². The zero-order valence-electron chi connectivity index (χ0n) is 12.8. The smallest absolute Gasteiger partial charge is 0.224 e. The van der Waals surface area contributed by atoms with Gasteiger partial charge in [-0.3, -0.25) is 4.79 Å². The van der Waals surface area contributed by atoms with Crippen molar-refractivity contribution in [2.45, 2.75) is 52.7 Å². The fourth-order valence-corrected chi connectivity index (χ4v) is 2.16. The number of halogens is 1. The molecule has 0 radical (unpaired) electrons. The van der Waals surface area contributed by atoms with Gasteiger partial charge in [-0.15, -0.1) is 0 Å². The summed E-state index contributed by atoms with van der Waals surface area (Å²) in [7, 11) is 0. The number of nitrogens with two attached hydrogens (primary N) is 1. The van der Waals surface area contributed by atoms with Crippen molar-refractivity contribution in [2.24, 2.45) is 11.7 Å². The summed E-state index contributed by atoms with van der Waals surface area (Å²) in [5.74, 6) is 0.403. The minimum absolute atomic E-state index is 0.0943. The van der Waals surface area contributed by atoms with Crippen LogP contribution in [0.25, 0.3) is 0 Å². The van der Waals surface area contributed by atoms with Gasteiger partial charge in [0.15, 0.2) is 0 Å². The van der Waals surface area contributed by atoms with E-state index in [1.807, 2.05) is 56.9 Å². The Balaban J connectivity index is 2.76. The monoisotopic (exact) mass is 296 g/mol. The van der Waals surface area contributed by atoms with Crippen LogP contribution < -0.4 is 5.73 Å². The van der Waals surface area contributed by atoms with E-state index >= 15 is 0 Å². The van der Waals surface area contributed by atoms with Crippen LogP contribution in [0.5, 0.6) is 0 Å². The summed E-state index contributed by atoms with van der Waals surface area (Å²) in [6.07, 6.45) is 0.385. The minimum Gasteiger partial charge on any atom is -0.336 e. The molecule has 0 aliphatic heterocycles. The Hall–Kier alpha value is -1.06. The fraction of sp³-hybridized carbons (Fsp3) is 0.562. The van der Waals surface area contributed by atoms with Gasteiger partial charge in [0.2, 0.25) is 5.91 Å². The number of rotatable bonds is 6. The van der Waals surface area contributed by atoms with Crippen molar-refractivity contribution in [1.82, 2.24) is 4.90 Å². The Bertz CT molecular complexity index is 446. The van der Waals surface area contributed by atoms with Gasteiger partial charge in [-0.1, -0.05) is 37.6 Å². The van der Waals surface area contributed by atoms with Crippen LogP contribution in [0.1, 0.15) is 39.7 Å². The summed E-state index contributed by atoms with van der Waals surface area (Å²) >= 11 is 5.99. The Morgan fingerprint density at radius 2 is 1.95 bits per heavy atom. The molecule has 1 atom stereocenters. The molecule has 1 rings (SSSR count). The van der Waals surface area contributed by atoms with Gasteiger partial charge in [-0.2, -0.15) is 0 Å². The maximum Gasteiger partial charge on any atom is 0.224 e. The van der Waals surface area contributed by atoms with E-state index < -0.39 is 0 Å². The maximum absolute atomic E-state index is 12.4. The topological polar surface area (TPSA) is 46.3 Å². The van der Waals surface area contributed by atoms with Crippen molar-refractivity contribution in [3.05, 3.63) is 34.9 Å². The molecule has 1 aromatic rings. The molecule has 1 aromatic carbocycles. The number of amides is 1. The molecule has 0 heterocycles. The van der Waals surface area contributed by atoms with Gasteiger partial charge in [0.1, 0.15) is 0 Å². The van der Waals surface area contributed by atoms with E-state index in [1.165, 1.54) is 0 Å². The summed E-state index contributed by atoms with van der Waals surface area (Å²) in [5, 5.41) is 0.692. The molecule has 3 nitrogen and oxygen atoms in total. The highest BCUT2D eigenvalue weighted by molar-refractivity contribution is 6.30. The highest BCUT2D eigenvalue weighted by Crippen LogP contribution is 2.16. The van der Waals surface area contributed by atoms with Crippen LogP contribution in [0.2, 0.25) is 5.02 Å². The molecular weight excluding hydrogens is 272 g/mol. The molecule has 1 unspecified atom stereocenters.